The molecule has 0 unspecified atom stereocenters. The van der Waals surface area contributed by atoms with E-state index in [2.05, 4.69) is 25.8 Å². The molecule has 64 valence electrons. The Morgan fingerprint density at radius 1 is 1.27 bits per heavy atom. The Labute approximate surface area is 74.2 Å². The van der Waals surface area contributed by atoms with Gasteiger partial charge >= 0.3 is 0 Å². The molecule has 0 amide bonds. The maximum atomic E-state index is 9.82. The van der Waals surface area contributed by atoms with Crippen LogP contribution in [0.2, 0.25) is 0 Å². The maximum Gasteiger partial charge on any atom is 0.0723 e. The Balaban J connectivity index is 3.98. The van der Waals surface area contributed by atoms with Gasteiger partial charge in [-0.15, -0.1) is 13.2 Å². The first-order chi connectivity index (χ1) is 5.18. The third kappa shape index (κ3) is 4.27. The van der Waals surface area contributed by atoms with E-state index in [0.29, 0.717) is 25.0 Å². The Kier molecular flexibility index (Phi) is 5.34. The Hall–Kier alpha value is -0.210. The van der Waals surface area contributed by atoms with Crippen LogP contribution in [0, 0.1) is 0 Å². The first-order valence-corrected chi connectivity index (χ1v) is 4.37. The SMILES string of the molecule is C=CCC(O)(CC=C)CCS. The Bertz CT molecular complexity index is 122. The van der Waals surface area contributed by atoms with Gasteiger partial charge in [-0.2, -0.15) is 12.6 Å². The van der Waals surface area contributed by atoms with Crippen molar-refractivity contribution in [3.63, 3.8) is 0 Å². The van der Waals surface area contributed by atoms with Crippen molar-refractivity contribution in [2.24, 2.45) is 0 Å². The minimum Gasteiger partial charge on any atom is -0.389 e. The lowest BCUT2D eigenvalue weighted by atomic mass is 9.93. The van der Waals surface area contributed by atoms with E-state index in [1.165, 1.54) is 0 Å². The van der Waals surface area contributed by atoms with E-state index in [0.717, 1.165) is 0 Å². The van der Waals surface area contributed by atoms with E-state index in [1.54, 1.807) is 12.2 Å². The van der Waals surface area contributed by atoms with Gasteiger partial charge in [-0.3, -0.25) is 0 Å². The molecule has 0 saturated heterocycles. The summed E-state index contributed by atoms with van der Waals surface area (Å²) in [6.07, 6.45) is 5.37. The van der Waals surface area contributed by atoms with E-state index >= 15 is 0 Å². The molecular weight excluding hydrogens is 156 g/mol. The van der Waals surface area contributed by atoms with E-state index in [9.17, 15) is 5.11 Å². The monoisotopic (exact) mass is 172 g/mol. The second kappa shape index (κ2) is 5.44. The topological polar surface area (TPSA) is 20.2 Å². The van der Waals surface area contributed by atoms with Crippen molar-refractivity contribution in [3.8, 4) is 0 Å². The number of hydrogen-bond acceptors (Lipinski definition) is 2. The van der Waals surface area contributed by atoms with Gasteiger partial charge in [0, 0.05) is 0 Å². The molecule has 0 fully saturated rings. The van der Waals surface area contributed by atoms with Crippen LogP contribution in [-0.4, -0.2) is 16.5 Å². The predicted molar refractivity (Wildman–Crippen MR) is 53.0 cm³/mol. The van der Waals surface area contributed by atoms with Crippen molar-refractivity contribution < 1.29 is 5.11 Å². The lowest BCUT2D eigenvalue weighted by Crippen LogP contribution is -2.27. The fourth-order valence-electron chi connectivity index (χ4n) is 1.03. The van der Waals surface area contributed by atoms with Crippen LogP contribution < -0.4 is 0 Å². The minimum absolute atomic E-state index is 0.611. The Morgan fingerprint density at radius 2 is 1.73 bits per heavy atom. The molecule has 0 heterocycles. The molecule has 2 heteroatoms. The summed E-state index contributed by atoms with van der Waals surface area (Å²) in [5.41, 5.74) is -0.661. The second-order valence-electron chi connectivity index (χ2n) is 2.68. The molecule has 1 nitrogen and oxygen atoms in total. The highest BCUT2D eigenvalue weighted by atomic mass is 32.1. The molecule has 1 N–H and O–H groups in total. The fourth-order valence-corrected chi connectivity index (χ4v) is 1.45. The van der Waals surface area contributed by atoms with Crippen molar-refractivity contribution in [1.82, 2.24) is 0 Å². The van der Waals surface area contributed by atoms with E-state index in [1.807, 2.05) is 0 Å². The molecule has 0 bridgehead atoms. The highest BCUT2D eigenvalue weighted by molar-refractivity contribution is 7.80. The smallest absolute Gasteiger partial charge is 0.0723 e. The van der Waals surface area contributed by atoms with E-state index in [4.69, 9.17) is 0 Å². The van der Waals surface area contributed by atoms with E-state index < -0.39 is 5.60 Å². The van der Waals surface area contributed by atoms with Crippen LogP contribution in [0.5, 0.6) is 0 Å². The van der Waals surface area contributed by atoms with Crippen molar-refractivity contribution in [2.75, 3.05) is 5.75 Å². The number of thiol groups is 1. The normalized spacial score (nSPS) is 11.1. The van der Waals surface area contributed by atoms with Gasteiger partial charge in [0.2, 0.25) is 0 Å². The van der Waals surface area contributed by atoms with Gasteiger partial charge in [-0.25, -0.2) is 0 Å². The first kappa shape index (κ1) is 10.8. The van der Waals surface area contributed by atoms with Crippen molar-refractivity contribution >= 4 is 12.6 Å². The van der Waals surface area contributed by atoms with E-state index in [-0.39, 0.29) is 0 Å². The van der Waals surface area contributed by atoms with Gasteiger partial charge in [0.1, 0.15) is 0 Å². The van der Waals surface area contributed by atoms with Crippen LogP contribution in [0.25, 0.3) is 0 Å². The summed E-state index contributed by atoms with van der Waals surface area (Å²) in [7, 11) is 0. The third-order valence-electron chi connectivity index (χ3n) is 1.63. The van der Waals surface area contributed by atoms with Gasteiger partial charge in [-0.1, -0.05) is 12.2 Å². The highest BCUT2D eigenvalue weighted by Gasteiger charge is 2.21. The quantitative estimate of drug-likeness (QED) is 0.465. The molecule has 0 aromatic carbocycles. The van der Waals surface area contributed by atoms with Gasteiger partial charge in [0.05, 0.1) is 5.60 Å². The molecule has 0 aliphatic carbocycles. The average molecular weight is 172 g/mol. The summed E-state index contributed by atoms with van der Waals surface area (Å²) in [5.74, 6) is 0.693. The van der Waals surface area contributed by atoms with Crippen LogP contribution in [0.15, 0.2) is 25.3 Å². The van der Waals surface area contributed by atoms with Crippen molar-refractivity contribution in [3.05, 3.63) is 25.3 Å². The summed E-state index contributed by atoms with van der Waals surface area (Å²) < 4.78 is 0. The van der Waals surface area contributed by atoms with Crippen LogP contribution >= 0.6 is 12.6 Å². The molecule has 0 atom stereocenters. The summed E-state index contributed by atoms with van der Waals surface area (Å²) in [6.45, 7) is 7.18. The molecule has 11 heavy (non-hydrogen) atoms. The fraction of sp³-hybridized carbons (Fsp3) is 0.556. The van der Waals surface area contributed by atoms with Gasteiger partial charge in [0.25, 0.3) is 0 Å². The molecule has 0 spiro atoms. The summed E-state index contributed by atoms with van der Waals surface area (Å²) in [4.78, 5) is 0. The molecule has 0 rings (SSSR count). The zero-order valence-electron chi connectivity index (χ0n) is 6.79. The second-order valence-corrected chi connectivity index (χ2v) is 3.13. The number of aliphatic hydroxyl groups is 1. The van der Waals surface area contributed by atoms with Gasteiger partial charge in [-0.05, 0) is 25.0 Å². The lowest BCUT2D eigenvalue weighted by Gasteiger charge is -2.24. The zero-order valence-corrected chi connectivity index (χ0v) is 7.69. The van der Waals surface area contributed by atoms with Gasteiger partial charge < -0.3 is 5.11 Å². The molecule has 0 radical (unpaired) electrons. The van der Waals surface area contributed by atoms with Crippen LogP contribution in [0.1, 0.15) is 19.3 Å². The third-order valence-corrected chi connectivity index (χ3v) is 1.85. The summed E-state index contributed by atoms with van der Waals surface area (Å²) in [6, 6.07) is 0. The number of rotatable bonds is 6. The largest absolute Gasteiger partial charge is 0.389 e. The Morgan fingerprint density at radius 3 is 2.00 bits per heavy atom. The van der Waals surface area contributed by atoms with Crippen molar-refractivity contribution in [2.45, 2.75) is 24.9 Å². The first-order valence-electron chi connectivity index (χ1n) is 3.73. The molecule has 0 aliphatic heterocycles. The molecule has 0 aliphatic rings. The zero-order chi connectivity index (χ0) is 8.74. The predicted octanol–water partition coefficient (Wildman–Crippen LogP) is 2.19. The van der Waals surface area contributed by atoms with Gasteiger partial charge in [0.15, 0.2) is 0 Å². The van der Waals surface area contributed by atoms with Crippen LogP contribution in [0.3, 0.4) is 0 Å². The maximum absolute atomic E-state index is 9.82. The van der Waals surface area contributed by atoms with Crippen LogP contribution in [-0.2, 0) is 0 Å². The minimum atomic E-state index is -0.661. The summed E-state index contributed by atoms with van der Waals surface area (Å²) in [5, 5.41) is 9.82. The standard InChI is InChI=1S/C9H16OS/c1-3-5-9(10,6-4-2)7-8-11/h3-4,10-11H,1-2,5-8H2. The molecule has 0 aromatic rings. The van der Waals surface area contributed by atoms with Crippen LogP contribution in [0.4, 0.5) is 0 Å². The molecule has 0 saturated carbocycles. The van der Waals surface area contributed by atoms with Crippen molar-refractivity contribution in [1.29, 1.82) is 0 Å². The number of hydrogen-bond donors (Lipinski definition) is 2. The average Bonchev–Trinajstić information content (AvgIpc) is 1.88. The summed E-state index contributed by atoms with van der Waals surface area (Å²) >= 11 is 4.07. The lowest BCUT2D eigenvalue weighted by molar-refractivity contribution is 0.0438. The molecular formula is C9H16OS. The molecule has 0 aromatic heterocycles. The highest BCUT2D eigenvalue weighted by Crippen LogP contribution is 2.21.